The molecule has 0 amide bonds. The van der Waals surface area contributed by atoms with Crippen LogP contribution in [0.4, 0.5) is 5.82 Å². The molecule has 2 rings (SSSR count). The van der Waals surface area contributed by atoms with Crippen LogP contribution in [0.5, 0.6) is 5.75 Å². The molecule has 106 valence electrons. The Balaban J connectivity index is 2.10. The highest BCUT2D eigenvalue weighted by Gasteiger charge is 2.07. The lowest BCUT2D eigenvalue weighted by Gasteiger charge is -2.19. The van der Waals surface area contributed by atoms with E-state index in [2.05, 4.69) is 4.98 Å². The molecule has 0 saturated heterocycles. The molecule has 20 heavy (non-hydrogen) atoms. The van der Waals surface area contributed by atoms with E-state index in [1.165, 1.54) is 5.56 Å². The first kappa shape index (κ1) is 14.3. The van der Waals surface area contributed by atoms with Gasteiger partial charge in [-0.25, -0.2) is 4.98 Å². The molecule has 0 radical (unpaired) electrons. The second kappa shape index (κ2) is 6.39. The molecule has 1 aromatic carbocycles. The third-order valence-corrected chi connectivity index (χ3v) is 3.22. The number of rotatable bonds is 5. The van der Waals surface area contributed by atoms with E-state index in [0.29, 0.717) is 0 Å². The lowest BCUT2D eigenvalue weighted by atomic mass is 10.1. The Morgan fingerprint density at radius 3 is 2.55 bits per heavy atom. The van der Waals surface area contributed by atoms with E-state index >= 15 is 0 Å². The van der Waals surface area contributed by atoms with Crippen LogP contribution in [-0.4, -0.2) is 24.2 Å². The zero-order valence-corrected chi connectivity index (χ0v) is 12.1. The van der Waals surface area contributed by atoms with E-state index in [9.17, 15) is 5.11 Å². The van der Waals surface area contributed by atoms with Crippen LogP contribution in [0.25, 0.3) is 0 Å². The van der Waals surface area contributed by atoms with Crippen molar-refractivity contribution in [2.24, 2.45) is 0 Å². The van der Waals surface area contributed by atoms with Crippen molar-refractivity contribution < 1.29 is 9.84 Å². The summed E-state index contributed by atoms with van der Waals surface area (Å²) >= 11 is 0. The number of nitrogens with zero attached hydrogens (tertiary/aromatic N) is 2. The highest BCUT2D eigenvalue weighted by atomic mass is 16.5. The van der Waals surface area contributed by atoms with Gasteiger partial charge in [0.2, 0.25) is 0 Å². The molecular formula is C16H20N2O2. The highest BCUT2D eigenvalue weighted by Crippen LogP contribution is 2.19. The van der Waals surface area contributed by atoms with Crippen LogP contribution in [-0.2, 0) is 6.54 Å². The number of hydrogen-bond acceptors (Lipinski definition) is 4. The van der Waals surface area contributed by atoms with Gasteiger partial charge in [-0.1, -0.05) is 12.1 Å². The first-order chi connectivity index (χ1) is 9.60. The molecule has 0 aliphatic rings. The number of aliphatic hydroxyl groups excluding tert-OH is 1. The van der Waals surface area contributed by atoms with Gasteiger partial charge in [-0.2, -0.15) is 0 Å². The van der Waals surface area contributed by atoms with Gasteiger partial charge >= 0.3 is 0 Å². The molecule has 1 heterocycles. The van der Waals surface area contributed by atoms with Crippen molar-refractivity contribution in [3.05, 3.63) is 53.7 Å². The van der Waals surface area contributed by atoms with Crippen molar-refractivity contribution in [1.82, 2.24) is 4.98 Å². The second-order valence-electron chi connectivity index (χ2n) is 4.83. The minimum absolute atomic E-state index is 0.480. The van der Waals surface area contributed by atoms with Gasteiger partial charge in [-0.15, -0.1) is 0 Å². The fourth-order valence-corrected chi connectivity index (χ4v) is 1.99. The molecular weight excluding hydrogens is 252 g/mol. The molecule has 0 bridgehead atoms. The summed E-state index contributed by atoms with van der Waals surface area (Å²) in [6.07, 6.45) is 1.24. The first-order valence-corrected chi connectivity index (χ1v) is 6.58. The minimum Gasteiger partial charge on any atom is -0.497 e. The van der Waals surface area contributed by atoms with E-state index in [-0.39, 0.29) is 0 Å². The topological polar surface area (TPSA) is 45.6 Å². The molecule has 0 aliphatic heterocycles. The van der Waals surface area contributed by atoms with Gasteiger partial charge < -0.3 is 14.7 Å². The normalized spacial score (nSPS) is 12.0. The number of pyridine rings is 1. The minimum atomic E-state index is -0.480. The highest BCUT2D eigenvalue weighted by molar-refractivity contribution is 5.42. The monoisotopic (exact) mass is 272 g/mol. The van der Waals surface area contributed by atoms with E-state index in [0.717, 1.165) is 23.7 Å². The van der Waals surface area contributed by atoms with Crippen molar-refractivity contribution in [1.29, 1.82) is 0 Å². The van der Waals surface area contributed by atoms with Gasteiger partial charge in [0.15, 0.2) is 0 Å². The molecule has 4 heteroatoms. The lowest BCUT2D eigenvalue weighted by Crippen LogP contribution is -2.17. The summed E-state index contributed by atoms with van der Waals surface area (Å²) in [5.74, 6) is 1.70. The predicted molar refractivity (Wildman–Crippen MR) is 80.0 cm³/mol. The van der Waals surface area contributed by atoms with Crippen LogP contribution in [0.15, 0.2) is 42.6 Å². The fourth-order valence-electron chi connectivity index (χ4n) is 1.99. The summed E-state index contributed by atoms with van der Waals surface area (Å²) in [4.78, 5) is 6.39. The molecule has 0 aliphatic carbocycles. The molecule has 1 N–H and O–H groups in total. The van der Waals surface area contributed by atoms with E-state index in [4.69, 9.17) is 4.74 Å². The number of benzene rings is 1. The molecule has 0 saturated carbocycles. The van der Waals surface area contributed by atoms with Crippen LogP contribution in [0.3, 0.4) is 0 Å². The Hall–Kier alpha value is -2.07. The van der Waals surface area contributed by atoms with Crippen molar-refractivity contribution in [3.63, 3.8) is 0 Å². The molecule has 1 aromatic heterocycles. The molecule has 1 unspecified atom stereocenters. The van der Waals surface area contributed by atoms with E-state index in [1.807, 2.05) is 48.3 Å². The molecule has 4 nitrogen and oxygen atoms in total. The van der Waals surface area contributed by atoms with Gasteiger partial charge in [-0.05, 0) is 42.3 Å². The lowest BCUT2D eigenvalue weighted by molar-refractivity contribution is 0.199. The summed E-state index contributed by atoms with van der Waals surface area (Å²) in [7, 11) is 3.64. The molecule has 2 aromatic rings. The van der Waals surface area contributed by atoms with Crippen LogP contribution in [0, 0.1) is 0 Å². The third kappa shape index (κ3) is 3.48. The number of hydrogen-bond donors (Lipinski definition) is 1. The van der Waals surface area contributed by atoms with Crippen LogP contribution >= 0.6 is 0 Å². The number of methoxy groups -OCH3 is 1. The number of aromatic nitrogens is 1. The Kier molecular flexibility index (Phi) is 4.58. The first-order valence-electron chi connectivity index (χ1n) is 6.58. The van der Waals surface area contributed by atoms with Crippen molar-refractivity contribution in [3.8, 4) is 5.75 Å². The second-order valence-corrected chi connectivity index (χ2v) is 4.83. The third-order valence-electron chi connectivity index (χ3n) is 3.22. The van der Waals surface area contributed by atoms with Gasteiger partial charge in [0.25, 0.3) is 0 Å². The molecule has 1 atom stereocenters. The molecule has 0 spiro atoms. The maximum absolute atomic E-state index is 9.62. The Morgan fingerprint density at radius 1 is 1.25 bits per heavy atom. The predicted octanol–water partition coefficient (Wildman–Crippen LogP) is 2.78. The molecule has 0 fully saturated rings. The summed E-state index contributed by atoms with van der Waals surface area (Å²) in [5.41, 5.74) is 2.05. The number of aliphatic hydroxyl groups is 1. The van der Waals surface area contributed by atoms with Crippen molar-refractivity contribution in [2.45, 2.75) is 19.6 Å². The Bertz CT molecular complexity index is 553. The largest absolute Gasteiger partial charge is 0.497 e. The standard InChI is InChI=1S/C16H20N2O2/c1-12(19)14-8-9-17-16(10-14)18(2)11-13-4-6-15(20-3)7-5-13/h4-10,12,19H,11H2,1-3H3. The summed E-state index contributed by atoms with van der Waals surface area (Å²) in [6.45, 7) is 2.50. The fraction of sp³-hybridized carbons (Fsp3) is 0.312. The average molecular weight is 272 g/mol. The number of anilines is 1. The zero-order chi connectivity index (χ0) is 14.5. The van der Waals surface area contributed by atoms with Crippen molar-refractivity contribution >= 4 is 5.82 Å². The summed E-state index contributed by atoms with van der Waals surface area (Å²) in [6, 6.07) is 11.7. The van der Waals surface area contributed by atoms with Crippen LogP contribution in [0.1, 0.15) is 24.2 Å². The zero-order valence-electron chi connectivity index (χ0n) is 12.1. The van der Waals surface area contributed by atoms with E-state index in [1.54, 1.807) is 20.2 Å². The smallest absolute Gasteiger partial charge is 0.128 e. The number of ether oxygens (including phenoxy) is 1. The average Bonchev–Trinajstić information content (AvgIpc) is 2.48. The maximum Gasteiger partial charge on any atom is 0.128 e. The van der Waals surface area contributed by atoms with E-state index < -0.39 is 6.10 Å². The van der Waals surface area contributed by atoms with Gasteiger partial charge in [0.1, 0.15) is 11.6 Å². The summed E-state index contributed by atoms with van der Waals surface area (Å²) in [5, 5.41) is 9.62. The van der Waals surface area contributed by atoms with Crippen LogP contribution < -0.4 is 9.64 Å². The SMILES string of the molecule is COc1ccc(CN(C)c2cc(C(C)O)ccn2)cc1. The van der Waals surface area contributed by atoms with Gasteiger partial charge in [0, 0.05) is 19.8 Å². The van der Waals surface area contributed by atoms with Gasteiger partial charge in [0.05, 0.1) is 13.2 Å². The van der Waals surface area contributed by atoms with Crippen LogP contribution in [0.2, 0.25) is 0 Å². The van der Waals surface area contributed by atoms with Crippen molar-refractivity contribution in [2.75, 3.05) is 19.1 Å². The Morgan fingerprint density at radius 2 is 1.95 bits per heavy atom. The van der Waals surface area contributed by atoms with Gasteiger partial charge in [-0.3, -0.25) is 0 Å². The maximum atomic E-state index is 9.62. The quantitative estimate of drug-likeness (QED) is 0.909. The summed E-state index contributed by atoms with van der Waals surface area (Å²) < 4.78 is 5.15. The Labute approximate surface area is 119 Å².